The van der Waals surface area contributed by atoms with Gasteiger partial charge in [0.15, 0.2) is 0 Å². The molecule has 0 spiro atoms. The van der Waals surface area contributed by atoms with Gasteiger partial charge in [0.2, 0.25) is 0 Å². The van der Waals surface area contributed by atoms with E-state index in [4.69, 9.17) is 0 Å². The molecule has 0 aliphatic rings. The maximum absolute atomic E-state index is 12.5. The average molecular weight is 388 g/mol. The van der Waals surface area contributed by atoms with E-state index in [1.807, 2.05) is 54.9 Å². The fourth-order valence-corrected chi connectivity index (χ4v) is 2.88. The van der Waals surface area contributed by atoms with Gasteiger partial charge in [-0.2, -0.15) is 5.10 Å². The second-order valence-electron chi connectivity index (χ2n) is 5.79. The number of nitrogens with zero attached hydrogens (tertiary/aromatic N) is 4. The van der Waals surface area contributed by atoms with Crippen LogP contribution in [0.4, 0.5) is 5.69 Å². The molecule has 0 unspecified atom stereocenters. The smallest absolute Gasteiger partial charge is 0.272 e. The summed E-state index contributed by atoms with van der Waals surface area (Å²) in [4.78, 5) is 16.4. The van der Waals surface area contributed by atoms with Gasteiger partial charge in [-0.3, -0.25) is 4.79 Å². The van der Waals surface area contributed by atoms with Crippen LogP contribution in [0, 0.1) is 0 Å². The van der Waals surface area contributed by atoms with Crippen LogP contribution in [-0.2, 0) is 6.54 Å². The van der Waals surface area contributed by atoms with Gasteiger partial charge in [0.25, 0.3) is 5.91 Å². The molecule has 0 bridgehead atoms. The summed E-state index contributed by atoms with van der Waals surface area (Å²) in [6.45, 7) is 4.74. The summed E-state index contributed by atoms with van der Waals surface area (Å²) < 4.78 is 4.59. The molecule has 1 aromatic carbocycles. The summed E-state index contributed by atoms with van der Waals surface area (Å²) in [6, 6.07) is 9.75. The van der Waals surface area contributed by atoms with Crippen LogP contribution < -0.4 is 5.32 Å². The monoisotopic (exact) mass is 387 g/mol. The zero-order valence-electron chi connectivity index (χ0n) is 13.5. The number of halogens is 1. The van der Waals surface area contributed by atoms with Gasteiger partial charge in [-0.15, -0.1) is 0 Å². The molecule has 0 atom stereocenters. The normalized spacial score (nSPS) is 11.0. The second-order valence-corrected chi connectivity index (χ2v) is 6.70. The molecular formula is C17H18BrN5O. The van der Waals surface area contributed by atoms with Crippen molar-refractivity contribution in [3.8, 4) is 0 Å². The van der Waals surface area contributed by atoms with E-state index in [0.717, 1.165) is 15.7 Å². The Morgan fingerprint density at radius 1 is 1.29 bits per heavy atom. The number of anilines is 1. The van der Waals surface area contributed by atoms with Gasteiger partial charge in [-0.1, -0.05) is 12.1 Å². The maximum Gasteiger partial charge on any atom is 0.272 e. The predicted molar refractivity (Wildman–Crippen MR) is 96.0 cm³/mol. The number of hydrogen-bond donors (Lipinski definition) is 1. The molecule has 0 aliphatic carbocycles. The number of aromatic nitrogens is 4. The molecule has 1 N–H and O–H groups in total. The lowest BCUT2D eigenvalue weighted by Gasteiger charge is -2.13. The van der Waals surface area contributed by atoms with Crippen LogP contribution in [-0.4, -0.2) is 25.2 Å². The SMILES string of the molecule is CC(C)n1cc(Br)cc1C(=O)Nc1ccc(Cn2cncn2)cc1. The molecule has 7 heteroatoms. The molecule has 1 amide bonds. The van der Waals surface area contributed by atoms with Crippen molar-refractivity contribution in [2.75, 3.05) is 5.32 Å². The highest BCUT2D eigenvalue weighted by molar-refractivity contribution is 9.10. The standard InChI is InChI=1S/C17H18BrN5O/c1-12(2)23-9-14(18)7-16(23)17(24)21-15-5-3-13(4-6-15)8-22-11-19-10-20-22/h3-7,9-12H,8H2,1-2H3,(H,21,24). The van der Waals surface area contributed by atoms with Gasteiger partial charge in [-0.05, 0) is 53.5 Å². The van der Waals surface area contributed by atoms with E-state index in [1.165, 1.54) is 6.33 Å². The number of benzene rings is 1. The van der Waals surface area contributed by atoms with Crippen LogP contribution in [0.15, 0.2) is 53.7 Å². The molecule has 3 aromatic rings. The minimum absolute atomic E-state index is 0.126. The molecule has 0 aliphatic heterocycles. The van der Waals surface area contributed by atoms with Crippen molar-refractivity contribution in [1.29, 1.82) is 0 Å². The van der Waals surface area contributed by atoms with E-state index >= 15 is 0 Å². The Morgan fingerprint density at radius 2 is 2.04 bits per heavy atom. The molecule has 0 radical (unpaired) electrons. The number of amides is 1. The lowest BCUT2D eigenvalue weighted by molar-refractivity contribution is 0.101. The second kappa shape index (κ2) is 7.00. The first-order valence-corrected chi connectivity index (χ1v) is 8.42. The van der Waals surface area contributed by atoms with Crippen molar-refractivity contribution in [2.24, 2.45) is 0 Å². The van der Waals surface area contributed by atoms with Crippen molar-refractivity contribution in [1.82, 2.24) is 19.3 Å². The quantitative estimate of drug-likeness (QED) is 0.725. The number of carbonyl (C=O) groups excluding carboxylic acids is 1. The van der Waals surface area contributed by atoms with Gasteiger partial charge in [0.05, 0.1) is 6.54 Å². The molecule has 0 fully saturated rings. The van der Waals surface area contributed by atoms with Crippen molar-refractivity contribution in [2.45, 2.75) is 26.4 Å². The Balaban J connectivity index is 1.71. The van der Waals surface area contributed by atoms with Crippen molar-refractivity contribution in [3.63, 3.8) is 0 Å². The van der Waals surface area contributed by atoms with Gasteiger partial charge >= 0.3 is 0 Å². The Bertz CT molecular complexity index is 821. The lowest BCUT2D eigenvalue weighted by Crippen LogP contribution is -2.17. The highest BCUT2D eigenvalue weighted by Gasteiger charge is 2.15. The number of hydrogen-bond acceptors (Lipinski definition) is 3. The fraction of sp³-hybridized carbons (Fsp3) is 0.235. The van der Waals surface area contributed by atoms with E-state index in [9.17, 15) is 4.79 Å². The summed E-state index contributed by atoms with van der Waals surface area (Å²) in [6.07, 6.45) is 5.10. The summed E-state index contributed by atoms with van der Waals surface area (Å²) in [7, 11) is 0. The molecule has 24 heavy (non-hydrogen) atoms. The van der Waals surface area contributed by atoms with Gasteiger partial charge < -0.3 is 9.88 Å². The molecule has 6 nitrogen and oxygen atoms in total. The predicted octanol–water partition coefficient (Wildman–Crippen LogP) is 3.72. The molecular weight excluding hydrogens is 370 g/mol. The Labute approximate surface area is 148 Å². The summed E-state index contributed by atoms with van der Waals surface area (Å²) >= 11 is 3.43. The largest absolute Gasteiger partial charge is 0.340 e. The Kier molecular flexibility index (Phi) is 4.80. The molecule has 124 valence electrons. The maximum atomic E-state index is 12.5. The zero-order valence-corrected chi connectivity index (χ0v) is 15.1. The fourth-order valence-electron chi connectivity index (χ4n) is 2.44. The first kappa shape index (κ1) is 16.4. The minimum Gasteiger partial charge on any atom is -0.340 e. The average Bonchev–Trinajstić information content (AvgIpc) is 3.18. The number of nitrogens with one attached hydrogen (secondary N) is 1. The molecule has 0 saturated heterocycles. The summed E-state index contributed by atoms with van der Waals surface area (Å²) in [5, 5.41) is 7.02. The van der Waals surface area contributed by atoms with Crippen molar-refractivity contribution in [3.05, 3.63) is 64.9 Å². The Morgan fingerprint density at radius 3 is 2.67 bits per heavy atom. The summed E-state index contributed by atoms with van der Waals surface area (Å²) in [5.74, 6) is -0.126. The number of carbonyl (C=O) groups is 1. The molecule has 2 heterocycles. The summed E-state index contributed by atoms with van der Waals surface area (Å²) in [5.41, 5.74) is 2.48. The van der Waals surface area contributed by atoms with Crippen LogP contribution in [0.2, 0.25) is 0 Å². The minimum atomic E-state index is -0.126. The van der Waals surface area contributed by atoms with Gasteiger partial charge in [0, 0.05) is 22.4 Å². The molecule has 0 saturated carbocycles. The van der Waals surface area contributed by atoms with E-state index in [-0.39, 0.29) is 11.9 Å². The van der Waals surface area contributed by atoms with Crippen LogP contribution in [0.1, 0.15) is 35.9 Å². The van der Waals surface area contributed by atoms with E-state index in [1.54, 1.807) is 11.0 Å². The Hall–Kier alpha value is -2.41. The third-order valence-electron chi connectivity index (χ3n) is 3.63. The lowest BCUT2D eigenvalue weighted by atomic mass is 10.2. The highest BCUT2D eigenvalue weighted by atomic mass is 79.9. The highest BCUT2D eigenvalue weighted by Crippen LogP contribution is 2.21. The first-order valence-electron chi connectivity index (χ1n) is 7.63. The van der Waals surface area contributed by atoms with Crippen LogP contribution in [0.3, 0.4) is 0 Å². The van der Waals surface area contributed by atoms with E-state index < -0.39 is 0 Å². The van der Waals surface area contributed by atoms with E-state index in [2.05, 4.69) is 31.3 Å². The molecule has 2 aromatic heterocycles. The van der Waals surface area contributed by atoms with Gasteiger partial charge in [-0.25, -0.2) is 9.67 Å². The van der Waals surface area contributed by atoms with Crippen LogP contribution in [0.25, 0.3) is 0 Å². The van der Waals surface area contributed by atoms with Crippen molar-refractivity contribution >= 4 is 27.5 Å². The van der Waals surface area contributed by atoms with Crippen LogP contribution in [0.5, 0.6) is 0 Å². The van der Waals surface area contributed by atoms with Crippen LogP contribution >= 0.6 is 15.9 Å². The number of rotatable bonds is 5. The first-order chi connectivity index (χ1) is 11.5. The topological polar surface area (TPSA) is 64.7 Å². The third kappa shape index (κ3) is 3.73. The van der Waals surface area contributed by atoms with Gasteiger partial charge in [0.1, 0.15) is 18.3 Å². The zero-order chi connectivity index (χ0) is 17.1. The van der Waals surface area contributed by atoms with Crippen molar-refractivity contribution < 1.29 is 4.79 Å². The third-order valence-corrected chi connectivity index (χ3v) is 4.06. The molecule has 3 rings (SSSR count). The van der Waals surface area contributed by atoms with E-state index in [0.29, 0.717) is 12.2 Å².